The predicted molar refractivity (Wildman–Crippen MR) is 75.6 cm³/mol. The average molecular weight is 262 g/mol. The lowest BCUT2D eigenvalue weighted by Crippen LogP contribution is -2.36. The Hall–Kier alpha value is -1.55. The first-order valence-electron chi connectivity index (χ1n) is 7.04. The van der Waals surface area contributed by atoms with Gasteiger partial charge in [0.2, 0.25) is 0 Å². The van der Waals surface area contributed by atoms with Gasteiger partial charge in [-0.2, -0.15) is 0 Å². The van der Waals surface area contributed by atoms with E-state index in [1.165, 1.54) is 0 Å². The lowest BCUT2D eigenvalue weighted by atomic mass is 10.2. The van der Waals surface area contributed by atoms with E-state index in [1.54, 1.807) is 0 Å². The number of carbonyl (C=O) groups excluding carboxylic acids is 1. The van der Waals surface area contributed by atoms with Gasteiger partial charge in [-0.05, 0) is 43.7 Å². The molecule has 0 saturated carbocycles. The van der Waals surface area contributed by atoms with Gasteiger partial charge >= 0.3 is 0 Å². The Bertz CT molecular complexity index is 397. The summed E-state index contributed by atoms with van der Waals surface area (Å²) in [5, 5.41) is 6.26. The molecule has 0 spiro atoms. The molecule has 19 heavy (non-hydrogen) atoms. The summed E-state index contributed by atoms with van der Waals surface area (Å²) in [4.78, 5) is 12.0. The van der Waals surface area contributed by atoms with Gasteiger partial charge < -0.3 is 15.4 Å². The van der Waals surface area contributed by atoms with Crippen molar-refractivity contribution >= 4 is 5.91 Å². The highest BCUT2D eigenvalue weighted by Gasteiger charge is 2.17. The summed E-state index contributed by atoms with van der Waals surface area (Å²) in [5.74, 6) is 0.821. The van der Waals surface area contributed by atoms with Crippen molar-refractivity contribution in [1.82, 2.24) is 10.6 Å². The summed E-state index contributed by atoms with van der Waals surface area (Å²) in [6.07, 6.45) is 3.18. The summed E-state index contributed by atoms with van der Waals surface area (Å²) in [6.45, 7) is 4.71. The zero-order valence-corrected chi connectivity index (χ0v) is 11.4. The van der Waals surface area contributed by atoms with Crippen LogP contribution in [0.2, 0.25) is 0 Å². The van der Waals surface area contributed by atoms with Gasteiger partial charge in [-0.15, -0.1) is 0 Å². The summed E-state index contributed by atoms with van der Waals surface area (Å²) in [6, 6.07) is 7.61. The number of hydrogen-bond donors (Lipinski definition) is 2. The molecular weight excluding hydrogens is 240 g/mol. The Balaban J connectivity index is 1.84. The molecule has 0 radical (unpaired) electrons. The first kappa shape index (κ1) is 13.9. The summed E-state index contributed by atoms with van der Waals surface area (Å²) in [5.41, 5.74) is 0.690. The molecule has 4 nitrogen and oxygen atoms in total. The van der Waals surface area contributed by atoms with Crippen LogP contribution in [-0.4, -0.2) is 31.6 Å². The number of amides is 1. The van der Waals surface area contributed by atoms with E-state index < -0.39 is 0 Å². The third-order valence-electron chi connectivity index (χ3n) is 3.28. The summed E-state index contributed by atoms with van der Waals surface area (Å²) >= 11 is 0. The van der Waals surface area contributed by atoms with E-state index in [0.717, 1.165) is 44.7 Å². The SMILES string of the molecule is CCCCOc1ccc(C(=O)N[C@@H]2CCNC2)cc1. The number of hydrogen-bond acceptors (Lipinski definition) is 3. The van der Waals surface area contributed by atoms with E-state index in [-0.39, 0.29) is 11.9 Å². The molecule has 2 rings (SSSR count). The highest BCUT2D eigenvalue weighted by Crippen LogP contribution is 2.13. The lowest BCUT2D eigenvalue weighted by molar-refractivity contribution is 0.0940. The van der Waals surface area contributed by atoms with Crippen LogP contribution in [0.3, 0.4) is 0 Å². The van der Waals surface area contributed by atoms with Crippen LogP contribution in [0.15, 0.2) is 24.3 Å². The van der Waals surface area contributed by atoms with Crippen LogP contribution in [0.1, 0.15) is 36.5 Å². The Kier molecular flexibility index (Phi) is 5.21. The lowest BCUT2D eigenvalue weighted by Gasteiger charge is -2.11. The number of rotatable bonds is 6. The molecule has 0 bridgehead atoms. The highest BCUT2D eigenvalue weighted by molar-refractivity contribution is 5.94. The van der Waals surface area contributed by atoms with Crippen molar-refractivity contribution in [3.05, 3.63) is 29.8 Å². The molecule has 1 aromatic rings. The molecule has 4 heteroatoms. The Labute approximate surface area is 114 Å². The number of carbonyl (C=O) groups is 1. The van der Waals surface area contributed by atoms with Gasteiger partial charge in [-0.3, -0.25) is 4.79 Å². The Morgan fingerprint density at radius 3 is 2.84 bits per heavy atom. The smallest absolute Gasteiger partial charge is 0.251 e. The quantitative estimate of drug-likeness (QED) is 0.771. The standard InChI is InChI=1S/C15H22N2O2/c1-2-3-10-19-14-6-4-12(5-7-14)15(18)17-13-8-9-16-11-13/h4-7,13,16H,2-3,8-11H2,1H3,(H,17,18)/t13-/m1/s1. The minimum Gasteiger partial charge on any atom is -0.494 e. The van der Waals surface area contributed by atoms with Crippen molar-refractivity contribution in [3.8, 4) is 5.75 Å². The number of unbranched alkanes of at least 4 members (excludes halogenated alkanes) is 1. The zero-order valence-electron chi connectivity index (χ0n) is 11.4. The topological polar surface area (TPSA) is 50.4 Å². The van der Waals surface area contributed by atoms with Crippen molar-refractivity contribution in [1.29, 1.82) is 0 Å². The maximum atomic E-state index is 12.0. The molecule has 1 aliphatic rings. The Morgan fingerprint density at radius 1 is 1.42 bits per heavy atom. The van der Waals surface area contributed by atoms with E-state index in [1.807, 2.05) is 24.3 Å². The maximum Gasteiger partial charge on any atom is 0.251 e. The van der Waals surface area contributed by atoms with E-state index in [4.69, 9.17) is 4.74 Å². The van der Waals surface area contributed by atoms with Crippen molar-refractivity contribution < 1.29 is 9.53 Å². The van der Waals surface area contributed by atoms with Gasteiger partial charge in [0.25, 0.3) is 5.91 Å². The van der Waals surface area contributed by atoms with E-state index in [0.29, 0.717) is 5.56 Å². The van der Waals surface area contributed by atoms with E-state index >= 15 is 0 Å². The first-order chi connectivity index (χ1) is 9.29. The van der Waals surface area contributed by atoms with Crippen LogP contribution in [0, 0.1) is 0 Å². The number of ether oxygens (including phenoxy) is 1. The minimum atomic E-state index is -0.00573. The van der Waals surface area contributed by atoms with Crippen LogP contribution in [0.5, 0.6) is 5.75 Å². The van der Waals surface area contributed by atoms with E-state index in [9.17, 15) is 4.79 Å². The van der Waals surface area contributed by atoms with E-state index in [2.05, 4.69) is 17.6 Å². The fourth-order valence-electron chi connectivity index (χ4n) is 2.08. The van der Waals surface area contributed by atoms with Crippen LogP contribution in [0.25, 0.3) is 0 Å². The molecule has 104 valence electrons. The van der Waals surface area contributed by atoms with Gasteiger partial charge in [0.1, 0.15) is 5.75 Å². The Morgan fingerprint density at radius 2 is 2.21 bits per heavy atom. The fraction of sp³-hybridized carbons (Fsp3) is 0.533. The second kappa shape index (κ2) is 7.14. The van der Waals surface area contributed by atoms with Gasteiger partial charge in [0.15, 0.2) is 0 Å². The molecular formula is C15H22N2O2. The van der Waals surface area contributed by atoms with Gasteiger partial charge in [-0.25, -0.2) is 0 Å². The van der Waals surface area contributed by atoms with Gasteiger partial charge in [0, 0.05) is 18.2 Å². The molecule has 1 heterocycles. The molecule has 1 fully saturated rings. The molecule has 1 aliphatic heterocycles. The van der Waals surface area contributed by atoms with Crippen LogP contribution >= 0.6 is 0 Å². The minimum absolute atomic E-state index is 0.00573. The largest absolute Gasteiger partial charge is 0.494 e. The number of benzene rings is 1. The molecule has 0 unspecified atom stereocenters. The maximum absolute atomic E-state index is 12.0. The number of nitrogens with one attached hydrogen (secondary N) is 2. The normalized spacial score (nSPS) is 18.3. The zero-order chi connectivity index (χ0) is 13.5. The van der Waals surface area contributed by atoms with Crippen molar-refractivity contribution in [2.24, 2.45) is 0 Å². The fourth-order valence-corrected chi connectivity index (χ4v) is 2.08. The van der Waals surface area contributed by atoms with Gasteiger partial charge in [0.05, 0.1) is 6.61 Å². The molecule has 0 aliphatic carbocycles. The first-order valence-corrected chi connectivity index (χ1v) is 7.04. The second-order valence-corrected chi connectivity index (χ2v) is 4.89. The molecule has 1 amide bonds. The molecule has 1 atom stereocenters. The second-order valence-electron chi connectivity index (χ2n) is 4.89. The van der Waals surface area contributed by atoms with Gasteiger partial charge in [-0.1, -0.05) is 13.3 Å². The van der Waals surface area contributed by atoms with Crippen LogP contribution in [-0.2, 0) is 0 Å². The summed E-state index contributed by atoms with van der Waals surface area (Å²) < 4.78 is 5.57. The molecule has 1 saturated heterocycles. The summed E-state index contributed by atoms with van der Waals surface area (Å²) in [7, 11) is 0. The average Bonchev–Trinajstić information content (AvgIpc) is 2.93. The molecule has 2 N–H and O–H groups in total. The highest BCUT2D eigenvalue weighted by atomic mass is 16.5. The van der Waals surface area contributed by atoms with Crippen molar-refractivity contribution in [2.75, 3.05) is 19.7 Å². The third-order valence-corrected chi connectivity index (χ3v) is 3.28. The van der Waals surface area contributed by atoms with Crippen LogP contribution < -0.4 is 15.4 Å². The van der Waals surface area contributed by atoms with Crippen LogP contribution in [0.4, 0.5) is 0 Å². The molecule has 0 aromatic heterocycles. The van der Waals surface area contributed by atoms with Crippen molar-refractivity contribution in [2.45, 2.75) is 32.2 Å². The molecule has 1 aromatic carbocycles. The predicted octanol–water partition coefficient (Wildman–Crippen LogP) is 1.96. The van der Waals surface area contributed by atoms with Crippen molar-refractivity contribution in [3.63, 3.8) is 0 Å². The monoisotopic (exact) mass is 262 g/mol. The third kappa shape index (κ3) is 4.24.